The molecule has 1 aliphatic rings. The molecule has 1 aromatic rings. The summed E-state index contributed by atoms with van der Waals surface area (Å²) in [6.07, 6.45) is 0.140. The highest BCUT2D eigenvalue weighted by atomic mass is 16.5. The van der Waals surface area contributed by atoms with Crippen molar-refractivity contribution in [1.29, 1.82) is 0 Å². The summed E-state index contributed by atoms with van der Waals surface area (Å²) in [5.41, 5.74) is 6.83. The molecule has 0 amide bonds. The predicted molar refractivity (Wildman–Crippen MR) is 73.6 cm³/mol. The molecule has 0 radical (unpaired) electrons. The summed E-state index contributed by atoms with van der Waals surface area (Å²) in [4.78, 5) is 2.34. The van der Waals surface area contributed by atoms with Crippen LogP contribution < -0.4 is 15.2 Å². The predicted octanol–water partition coefficient (Wildman–Crippen LogP) is 0.863. The average molecular weight is 266 g/mol. The third kappa shape index (κ3) is 3.83. The number of hydrogen-bond donors (Lipinski definition) is 1. The number of nitrogens with two attached hydrogens (primary N) is 1. The first kappa shape index (κ1) is 14.1. The first-order valence-electron chi connectivity index (χ1n) is 6.51. The van der Waals surface area contributed by atoms with E-state index in [4.69, 9.17) is 19.9 Å². The van der Waals surface area contributed by atoms with Gasteiger partial charge in [-0.25, -0.2) is 0 Å². The number of hydrogen-bond acceptors (Lipinski definition) is 5. The van der Waals surface area contributed by atoms with Crippen molar-refractivity contribution in [3.63, 3.8) is 0 Å². The molecule has 5 heteroatoms. The van der Waals surface area contributed by atoms with Crippen LogP contribution in [-0.2, 0) is 11.3 Å². The summed E-state index contributed by atoms with van der Waals surface area (Å²) < 4.78 is 16.1. The second kappa shape index (κ2) is 6.75. The SMILES string of the molecule is COc1cc(CN2CCOC(CN)C2)cc(OC)c1. The first-order valence-corrected chi connectivity index (χ1v) is 6.51. The number of rotatable bonds is 5. The maximum atomic E-state index is 5.66. The van der Waals surface area contributed by atoms with Crippen LogP contribution in [0.3, 0.4) is 0 Å². The Labute approximate surface area is 114 Å². The van der Waals surface area contributed by atoms with Gasteiger partial charge in [-0.3, -0.25) is 4.90 Å². The molecule has 2 rings (SSSR count). The minimum atomic E-state index is 0.140. The summed E-state index contributed by atoms with van der Waals surface area (Å²) in [6, 6.07) is 5.95. The van der Waals surface area contributed by atoms with Gasteiger partial charge in [0.2, 0.25) is 0 Å². The van der Waals surface area contributed by atoms with Gasteiger partial charge in [0, 0.05) is 32.2 Å². The van der Waals surface area contributed by atoms with E-state index in [9.17, 15) is 0 Å². The zero-order chi connectivity index (χ0) is 13.7. The Hall–Kier alpha value is -1.30. The zero-order valence-electron chi connectivity index (χ0n) is 11.6. The molecule has 5 nitrogen and oxygen atoms in total. The summed E-state index contributed by atoms with van der Waals surface area (Å²) in [5.74, 6) is 1.64. The molecule has 106 valence electrons. The molecule has 1 atom stereocenters. The van der Waals surface area contributed by atoms with Crippen LogP contribution >= 0.6 is 0 Å². The highest BCUT2D eigenvalue weighted by molar-refractivity contribution is 5.38. The summed E-state index contributed by atoms with van der Waals surface area (Å²) >= 11 is 0. The molecule has 0 aliphatic carbocycles. The Balaban J connectivity index is 2.05. The number of methoxy groups -OCH3 is 2. The fraction of sp³-hybridized carbons (Fsp3) is 0.571. The Kier molecular flexibility index (Phi) is 5.01. The van der Waals surface area contributed by atoms with Crippen molar-refractivity contribution < 1.29 is 14.2 Å². The largest absolute Gasteiger partial charge is 0.497 e. The third-order valence-corrected chi connectivity index (χ3v) is 3.30. The van der Waals surface area contributed by atoms with Crippen LogP contribution in [0.25, 0.3) is 0 Å². The summed E-state index contributed by atoms with van der Waals surface area (Å²) in [7, 11) is 3.33. The van der Waals surface area contributed by atoms with E-state index >= 15 is 0 Å². The Morgan fingerprint density at radius 1 is 1.26 bits per heavy atom. The molecule has 2 N–H and O–H groups in total. The van der Waals surface area contributed by atoms with Crippen molar-refractivity contribution in [2.75, 3.05) is 40.5 Å². The molecule has 1 aromatic carbocycles. The smallest absolute Gasteiger partial charge is 0.122 e. The van der Waals surface area contributed by atoms with Gasteiger partial charge in [0.1, 0.15) is 11.5 Å². The second-order valence-electron chi connectivity index (χ2n) is 4.68. The molecule has 1 aliphatic heterocycles. The zero-order valence-corrected chi connectivity index (χ0v) is 11.6. The highest BCUT2D eigenvalue weighted by Gasteiger charge is 2.19. The number of nitrogens with zero attached hydrogens (tertiary/aromatic N) is 1. The van der Waals surface area contributed by atoms with Crippen LogP contribution in [0.4, 0.5) is 0 Å². The number of morpholine rings is 1. The summed E-state index contributed by atoms with van der Waals surface area (Å²) in [6.45, 7) is 3.96. The van der Waals surface area contributed by atoms with Crippen molar-refractivity contribution in [2.45, 2.75) is 12.6 Å². The molecule has 0 bridgehead atoms. The van der Waals surface area contributed by atoms with Gasteiger partial charge >= 0.3 is 0 Å². The molecule has 0 aromatic heterocycles. The third-order valence-electron chi connectivity index (χ3n) is 3.30. The van der Waals surface area contributed by atoms with Gasteiger partial charge < -0.3 is 19.9 Å². The normalized spacial score (nSPS) is 20.3. The van der Waals surface area contributed by atoms with Crippen LogP contribution in [0.2, 0.25) is 0 Å². The Morgan fingerprint density at radius 2 is 1.95 bits per heavy atom. The van der Waals surface area contributed by atoms with Gasteiger partial charge in [-0.2, -0.15) is 0 Å². The van der Waals surface area contributed by atoms with Gasteiger partial charge in [0.15, 0.2) is 0 Å². The molecule has 0 spiro atoms. The van der Waals surface area contributed by atoms with Gasteiger partial charge in [-0.05, 0) is 17.7 Å². The lowest BCUT2D eigenvalue weighted by molar-refractivity contribution is -0.0260. The molecule has 0 saturated carbocycles. The molecule has 1 heterocycles. The Bertz CT molecular complexity index is 389. The monoisotopic (exact) mass is 266 g/mol. The van der Waals surface area contributed by atoms with E-state index in [0.29, 0.717) is 6.54 Å². The molecular formula is C14H22N2O3. The topological polar surface area (TPSA) is 57.0 Å². The van der Waals surface area contributed by atoms with E-state index < -0.39 is 0 Å². The minimum absolute atomic E-state index is 0.140. The maximum Gasteiger partial charge on any atom is 0.122 e. The van der Waals surface area contributed by atoms with Crippen LogP contribution in [0, 0.1) is 0 Å². The van der Waals surface area contributed by atoms with E-state index in [1.165, 1.54) is 5.56 Å². The van der Waals surface area contributed by atoms with E-state index in [0.717, 1.165) is 37.7 Å². The first-order chi connectivity index (χ1) is 9.25. The van der Waals surface area contributed by atoms with E-state index in [2.05, 4.69) is 4.90 Å². The van der Waals surface area contributed by atoms with Crippen LogP contribution in [-0.4, -0.2) is 51.5 Å². The lowest BCUT2D eigenvalue weighted by atomic mass is 10.1. The van der Waals surface area contributed by atoms with Gasteiger partial charge in [0.05, 0.1) is 26.9 Å². The van der Waals surface area contributed by atoms with Crippen molar-refractivity contribution in [3.05, 3.63) is 23.8 Å². The van der Waals surface area contributed by atoms with Crippen molar-refractivity contribution in [3.8, 4) is 11.5 Å². The van der Waals surface area contributed by atoms with Gasteiger partial charge in [0.25, 0.3) is 0 Å². The quantitative estimate of drug-likeness (QED) is 0.857. The van der Waals surface area contributed by atoms with Crippen LogP contribution in [0.15, 0.2) is 18.2 Å². The van der Waals surface area contributed by atoms with Crippen molar-refractivity contribution in [2.24, 2.45) is 5.73 Å². The number of ether oxygens (including phenoxy) is 3. The van der Waals surface area contributed by atoms with Crippen molar-refractivity contribution >= 4 is 0 Å². The average Bonchev–Trinajstić information content (AvgIpc) is 2.47. The standard InChI is InChI=1S/C14H22N2O3/c1-17-12-5-11(6-13(7-12)18-2)9-16-3-4-19-14(8-15)10-16/h5-7,14H,3-4,8-10,15H2,1-2H3. The summed E-state index contributed by atoms with van der Waals surface area (Å²) in [5, 5.41) is 0. The van der Waals surface area contributed by atoms with Crippen LogP contribution in [0.5, 0.6) is 11.5 Å². The molecular weight excluding hydrogens is 244 g/mol. The second-order valence-corrected chi connectivity index (χ2v) is 4.68. The molecule has 1 saturated heterocycles. The highest BCUT2D eigenvalue weighted by Crippen LogP contribution is 2.23. The van der Waals surface area contributed by atoms with Gasteiger partial charge in [-0.15, -0.1) is 0 Å². The van der Waals surface area contributed by atoms with Gasteiger partial charge in [-0.1, -0.05) is 0 Å². The fourth-order valence-corrected chi connectivity index (χ4v) is 2.28. The van der Waals surface area contributed by atoms with Crippen LogP contribution in [0.1, 0.15) is 5.56 Å². The fourth-order valence-electron chi connectivity index (χ4n) is 2.28. The lowest BCUT2D eigenvalue weighted by Crippen LogP contribution is -2.45. The Morgan fingerprint density at radius 3 is 2.53 bits per heavy atom. The number of benzene rings is 1. The van der Waals surface area contributed by atoms with E-state index in [-0.39, 0.29) is 6.10 Å². The lowest BCUT2D eigenvalue weighted by Gasteiger charge is -2.32. The molecule has 1 fully saturated rings. The van der Waals surface area contributed by atoms with E-state index in [1.54, 1.807) is 14.2 Å². The van der Waals surface area contributed by atoms with E-state index in [1.807, 2.05) is 18.2 Å². The molecule has 19 heavy (non-hydrogen) atoms. The molecule has 1 unspecified atom stereocenters. The maximum absolute atomic E-state index is 5.66. The van der Waals surface area contributed by atoms with Crippen molar-refractivity contribution in [1.82, 2.24) is 4.90 Å². The minimum Gasteiger partial charge on any atom is -0.497 e.